The number of hydrogen-bond donors (Lipinski definition) is 2. The van der Waals surface area contributed by atoms with Crippen LogP contribution >= 0.6 is 0 Å². The van der Waals surface area contributed by atoms with Gasteiger partial charge in [0, 0.05) is 5.69 Å². The smallest absolute Gasteiger partial charge is 0.275 e. The van der Waals surface area contributed by atoms with Crippen molar-refractivity contribution in [1.29, 1.82) is 0 Å². The Bertz CT molecular complexity index is 600. The molecule has 0 radical (unpaired) electrons. The monoisotopic (exact) mass is 246 g/mol. The molecule has 0 fully saturated rings. The zero-order valence-electron chi connectivity index (χ0n) is 9.64. The number of nitrogens with zero attached hydrogens (tertiary/aromatic N) is 2. The fourth-order valence-electron chi connectivity index (χ4n) is 1.36. The minimum Gasteiger partial charge on any atom is -0.382 e. The number of nitrogens with two attached hydrogens (primary N) is 1. The summed E-state index contributed by atoms with van der Waals surface area (Å²) in [4.78, 5) is 19.3. The van der Waals surface area contributed by atoms with E-state index in [1.807, 2.05) is 0 Å². The number of nitrogen functional groups attached to an aromatic ring is 1. The third kappa shape index (κ3) is 2.60. The molecule has 0 aliphatic heterocycles. The van der Waals surface area contributed by atoms with Gasteiger partial charge in [-0.1, -0.05) is 6.07 Å². The van der Waals surface area contributed by atoms with Crippen molar-refractivity contribution in [2.75, 3.05) is 11.1 Å². The van der Waals surface area contributed by atoms with E-state index in [-0.39, 0.29) is 17.3 Å². The lowest BCUT2D eigenvalue weighted by molar-refractivity contribution is 0.102. The maximum atomic E-state index is 13.3. The largest absolute Gasteiger partial charge is 0.382 e. The van der Waals surface area contributed by atoms with E-state index < -0.39 is 5.91 Å². The Morgan fingerprint density at radius 2 is 2.17 bits per heavy atom. The first-order chi connectivity index (χ1) is 8.56. The van der Waals surface area contributed by atoms with Crippen LogP contribution < -0.4 is 11.1 Å². The number of carbonyl (C=O) groups is 1. The summed E-state index contributed by atoms with van der Waals surface area (Å²) in [7, 11) is 0. The van der Waals surface area contributed by atoms with Crippen LogP contribution in [0.2, 0.25) is 0 Å². The Hall–Kier alpha value is -2.50. The van der Waals surface area contributed by atoms with Gasteiger partial charge in [0.25, 0.3) is 5.91 Å². The van der Waals surface area contributed by atoms with Gasteiger partial charge in [-0.15, -0.1) is 0 Å². The van der Waals surface area contributed by atoms with Crippen LogP contribution in [0.3, 0.4) is 0 Å². The van der Waals surface area contributed by atoms with Crippen molar-refractivity contribution in [3.05, 3.63) is 47.7 Å². The predicted octanol–water partition coefficient (Wildman–Crippen LogP) is 1.76. The van der Waals surface area contributed by atoms with Gasteiger partial charge in [-0.05, 0) is 24.6 Å². The second-order valence-corrected chi connectivity index (χ2v) is 3.75. The van der Waals surface area contributed by atoms with E-state index in [1.54, 1.807) is 19.1 Å². The molecular formula is C12H11FN4O. The van der Waals surface area contributed by atoms with E-state index in [0.29, 0.717) is 11.3 Å². The highest BCUT2D eigenvalue weighted by molar-refractivity contribution is 6.02. The molecule has 0 aliphatic carbocycles. The maximum absolute atomic E-state index is 13.3. The fourth-order valence-corrected chi connectivity index (χ4v) is 1.36. The first-order valence-corrected chi connectivity index (χ1v) is 5.21. The number of aryl methyl sites for hydroxylation is 1. The molecule has 6 heteroatoms. The van der Waals surface area contributed by atoms with Gasteiger partial charge in [-0.25, -0.2) is 9.37 Å². The first kappa shape index (κ1) is 12.0. The molecular weight excluding hydrogens is 235 g/mol. The third-order valence-corrected chi connectivity index (χ3v) is 2.32. The lowest BCUT2D eigenvalue weighted by Crippen LogP contribution is -2.15. The van der Waals surface area contributed by atoms with Crippen LogP contribution in [0.5, 0.6) is 0 Å². The highest BCUT2D eigenvalue weighted by Crippen LogP contribution is 2.14. The summed E-state index contributed by atoms with van der Waals surface area (Å²) in [6.07, 6.45) is 2.62. The Balaban J connectivity index is 2.18. The number of hydrogen-bond acceptors (Lipinski definition) is 4. The standard InChI is InChI=1S/C12H11FN4O/c1-7-2-3-8(4-9(7)13)16-12(18)10-5-15-6-11(14)17-10/h2-6H,1H3,(H2,14,17)(H,16,18). The first-order valence-electron chi connectivity index (χ1n) is 5.21. The van der Waals surface area contributed by atoms with Gasteiger partial charge in [0.1, 0.15) is 17.3 Å². The van der Waals surface area contributed by atoms with Crippen molar-refractivity contribution in [2.45, 2.75) is 6.92 Å². The summed E-state index contributed by atoms with van der Waals surface area (Å²) in [5.74, 6) is -0.720. The Kier molecular flexibility index (Phi) is 3.18. The lowest BCUT2D eigenvalue weighted by atomic mass is 10.2. The quantitative estimate of drug-likeness (QED) is 0.846. The molecule has 2 rings (SSSR count). The summed E-state index contributed by atoms with van der Waals surface area (Å²) in [5, 5.41) is 2.52. The minimum absolute atomic E-state index is 0.0796. The van der Waals surface area contributed by atoms with E-state index in [2.05, 4.69) is 15.3 Å². The zero-order valence-corrected chi connectivity index (χ0v) is 9.64. The van der Waals surface area contributed by atoms with Gasteiger partial charge in [0.15, 0.2) is 0 Å². The molecule has 3 N–H and O–H groups in total. The highest BCUT2D eigenvalue weighted by Gasteiger charge is 2.09. The highest BCUT2D eigenvalue weighted by atomic mass is 19.1. The SMILES string of the molecule is Cc1ccc(NC(=O)c2cncc(N)n2)cc1F. The van der Waals surface area contributed by atoms with E-state index in [9.17, 15) is 9.18 Å². The van der Waals surface area contributed by atoms with E-state index in [0.717, 1.165) is 0 Å². The molecule has 0 aliphatic rings. The molecule has 1 aromatic carbocycles. The molecule has 5 nitrogen and oxygen atoms in total. The molecule has 1 aromatic heterocycles. The van der Waals surface area contributed by atoms with Crippen molar-refractivity contribution in [2.24, 2.45) is 0 Å². The third-order valence-electron chi connectivity index (χ3n) is 2.32. The normalized spacial score (nSPS) is 10.1. The molecule has 1 amide bonds. The predicted molar refractivity (Wildman–Crippen MR) is 65.5 cm³/mol. The minimum atomic E-state index is -0.488. The molecule has 2 aromatic rings. The van der Waals surface area contributed by atoms with Crippen molar-refractivity contribution < 1.29 is 9.18 Å². The number of carbonyl (C=O) groups excluding carboxylic acids is 1. The summed E-state index contributed by atoms with van der Waals surface area (Å²) in [5.41, 5.74) is 6.36. The number of amides is 1. The van der Waals surface area contributed by atoms with Crippen molar-refractivity contribution >= 4 is 17.4 Å². The molecule has 0 saturated heterocycles. The van der Waals surface area contributed by atoms with Gasteiger partial charge >= 0.3 is 0 Å². The maximum Gasteiger partial charge on any atom is 0.275 e. The zero-order chi connectivity index (χ0) is 13.1. The van der Waals surface area contributed by atoms with Gasteiger partial charge < -0.3 is 11.1 Å². The van der Waals surface area contributed by atoms with Gasteiger partial charge in [0.2, 0.25) is 0 Å². The molecule has 0 spiro atoms. The van der Waals surface area contributed by atoms with Crippen molar-refractivity contribution in [3.8, 4) is 0 Å². The topological polar surface area (TPSA) is 80.9 Å². The van der Waals surface area contributed by atoms with Crippen LogP contribution in [-0.2, 0) is 0 Å². The van der Waals surface area contributed by atoms with Crippen molar-refractivity contribution in [1.82, 2.24) is 9.97 Å². The number of benzene rings is 1. The van der Waals surface area contributed by atoms with Crippen LogP contribution in [-0.4, -0.2) is 15.9 Å². The van der Waals surface area contributed by atoms with E-state index in [1.165, 1.54) is 18.5 Å². The average molecular weight is 246 g/mol. The van der Waals surface area contributed by atoms with E-state index in [4.69, 9.17) is 5.73 Å². The number of halogens is 1. The Morgan fingerprint density at radius 1 is 1.39 bits per heavy atom. The van der Waals surface area contributed by atoms with Crippen LogP contribution in [0.1, 0.15) is 16.1 Å². The number of aromatic nitrogens is 2. The summed E-state index contributed by atoms with van der Waals surface area (Å²) < 4.78 is 13.3. The van der Waals surface area contributed by atoms with Crippen LogP contribution in [0, 0.1) is 12.7 Å². The van der Waals surface area contributed by atoms with E-state index >= 15 is 0 Å². The summed E-state index contributed by atoms with van der Waals surface area (Å²) in [6, 6.07) is 4.43. The molecule has 0 unspecified atom stereocenters. The summed E-state index contributed by atoms with van der Waals surface area (Å²) in [6.45, 7) is 1.64. The second-order valence-electron chi connectivity index (χ2n) is 3.75. The fraction of sp³-hybridized carbons (Fsp3) is 0.0833. The molecule has 18 heavy (non-hydrogen) atoms. The van der Waals surface area contributed by atoms with Gasteiger partial charge in [-0.3, -0.25) is 9.78 Å². The number of nitrogens with one attached hydrogen (secondary N) is 1. The number of anilines is 2. The second kappa shape index (κ2) is 4.79. The van der Waals surface area contributed by atoms with Gasteiger partial charge in [-0.2, -0.15) is 0 Å². The molecule has 1 heterocycles. The molecule has 92 valence electrons. The van der Waals surface area contributed by atoms with Gasteiger partial charge in [0.05, 0.1) is 12.4 Å². The van der Waals surface area contributed by atoms with Crippen LogP contribution in [0.4, 0.5) is 15.9 Å². The molecule has 0 saturated carbocycles. The lowest BCUT2D eigenvalue weighted by Gasteiger charge is -2.05. The molecule has 0 bridgehead atoms. The van der Waals surface area contributed by atoms with Crippen LogP contribution in [0.25, 0.3) is 0 Å². The molecule has 0 atom stereocenters. The number of rotatable bonds is 2. The Labute approximate surface area is 103 Å². The average Bonchev–Trinajstić information content (AvgIpc) is 2.34. The Morgan fingerprint density at radius 3 is 2.83 bits per heavy atom. The van der Waals surface area contributed by atoms with Crippen molar-refractivity contribution in [3.63, 3.8) is 0 Å². The summed E-state index contributed by atoms with van der Waals surface area (Å²) >= 11 is 0. The van der Waals surface area contributed by atoms with Crippen LogP contribution in [0.15, 0.2) is 30.6 Å².